The van der Waals surface area contributed by atoms with E-state index < -0.39 is 0 Å². The minimum atomic E-state index is 0.158. The van der Waals surface area contributed by atoms with E-state index in [9.17, 15) is 5.26 Å². The minimum absolute atomic E-state index is 0.158. The Balaban J connectivity index is 1.85. The number of hydrogen-bond acceptors (Lipinski definition) is 4. The highest BCUT2D eigenvalue weighted by Gasteiger charge is 2.08. The smallest absolute Gasteiger partial charge is 0.128 e. The van der Waals surface area contributed by atoms with Gasteiger partial charge in [0.05, 0.1) is 23.7 Å². The van der Waals surface area contributed by atoms with Gasteiger partial charge in [0.15, 0.2) is 0 Å². The van der Waals surface area contributed by atoms with Gasteiger partial charge in [0.2, 0.25) is 0 Å². The van der Waals surface area contributed by atoms with E-state index in [1.807, 2.05) is 41.2 Å². The minimum Gasteiger partial charge on any atom is -0.366 e. The molecular weight excluding hydrogens is 262 g/mol. The molecule has 2 heterocycles. The van der Waals surface area contributed by atoms with Crippen molar-refractivity contribution in [3.05, 3.63) is 54.4 Å². The predicted molar refractivity (Wildman–Crippen MR) is 81.8 cm³/mol. The highest BCUT2D eigenvalue weighted by atomic mass is 15.3. The third kappa shape index (κ3) is 2.84. The number of benzene rings is 1. The van der Waals surface area contributed by atoms with E-state index in [2.05, 4.69) is 28.4 Å². The Hall–Kier alpha value is -2.87. The van der Waals surface area contributed by atoms with Crippen LogP contribution in [0.4, 0.5) is 5.82 Å². The molecule has 0 aliphatic heterocycles. The summed E-state index contributed by atoms with van der Waals surface area (Å²) in [6.07, 6.45) is 3.68. The summed E-state index contributed by atoms with van der Waals surface area (Å²) < 4.78 is 1.86. The van der Waals surface area contributed by atoms with Crippen molar-refractivity contribution in [2.24, 2.45) is 0 Å². The Labute approximate surface area is 122 Å². The summed E-state index contributed by atoms with van der Waals surface area (Å²) in [6.45, 7) is 2.80. The molecule has 5 nitrogen and oxygen atoms in total. The number of hydrogen-bond donors (Lipinski definition) is 1. The van der Waals surface area contributed by atoms with Gasteiger partial charge in [-0.3, -0.25) is 4.68 Å². The number of anilines is 1. The van der Waals surface area contributed by atoms with Crippen LogP contribution in [0, 0.1) is 11.3 Å². The molecule has 5 heteroatoms. The Kier molecular flexibility index (Phi) is 3.52. The molecule has 0 radical (unpaired) electrons. The summed E-state index contributed by atoms with van der Waals surface area (Å²) in [5.74, 6) is 0.713. The van der Waals surface area contributed by atoms with E-state index in [1.54, 1.807) is 12.3 Å². The third-order valence-electron chi connectivity index (χ3n) is 3.25. The Morgan fingerprint density at radius 3 is 2.95 bits per heavy atom. The van der Waals surface area contributed by atoms with E-state index in [-0.39, 0.29) is 6.04 Å². The lowest BCUT2D eigenvalue weighted by atomic mass is 10.1. The maximum absolute atomic E-state index is 9.28. The van der Waals surface area contributed by atoms with Crippen molar-refractivity contribution in [3.8, 4) is 6.07 Å². The maximum Gasteiger partial charge on any atom is 0.128 e. The molecule has 3 rings (SSSR count). The summed E-state index contributed by atoms with van der Waals surface area (Å²) in [5.41, 5.74) is 1.46. The molecule has 104 valence electrons. The van der Waals surface area contributed by atoms with Crippen molar-refractivity contribution in [2.45, 2.75) is 19.5 Å². The largest absolute Gasteiger partial charge is 0.366 e. The van der Waals surface area contributed by atoms with Gasteiger partial charge in [-0.2, -0.15) is 10.4 Å². The van der Waals surface area contributed by atoms with Crippen LogP contribution < -0.4 is 5.32 Å². The highest BCUT2D eigenvalue weighted by molar-refractivity contribution is 5.86. The van der Waals surface area contributed by atoms with Gasteiger partial charge < -0.3 is 5.32 Å². The molecule has 21 heavy (non-hydrogen) atoms. The fraction of sp³-hybridized carbons (Fsp3) is 0.188. The molecule has 0 aliphatic rings. The van der Waals surface area contributed by atoms with Crippen molar-refractivity contribution >= 4 is 16.7 Å². The molecule has 1 N–H and O–H groups in total. The van der Waals surface area contributed by atoms with Crippen molar-refractivity contribution in [2.75, 3.05) is 5.32 Å². The van der Waals surface area contributed by atoms with Crippen molar-refractivity contribution in [3.63, 3.8) is 0 Å². The number of rotatable bonds is 4. The van der Waals surface area contributed by atoms with E-state index in [4.69, 9.17) is 0 Å². The topological polar surface area (TPSA) is 66.5 Å². The van der Waals surface area contributed by atoms with Crippen molar-refractivity contribution in [1.29, 1.82) is 5.26 Å². The summed E-state index contributed by atoms with van der Waals surface area (Å²) in [6, 6.07) is 13.8. The van der Waals surface area contributed by atoms with Gasteiger partial charge in [0, 0.05) is 23.8 Å². The van der Waals surface area contributed by atoms with Crippen LogP contribution in [-0.4, -0.2) is 20.8 Å². The Morgan fingerprint density at radius 1 is 1.33 bits per heavy atom. The van der Waals surface area contributed by atoms with Crippen LogP contribution in [0.2, 0.25) is 0 Å². The number of para-hydroxylation sites is 1. The zero-order chi connectivity index (χ0) is 14.7. The third-order valence-corrected chi connectivity index (χ3v) is 3.25. The fourth-order valence-electron chi connectivity index (χ4n) is 2.33. The van der Waals surface area contributed by atoms with Gasteiger partial charge in [-0.15, -0.1) is 0 Å². The Morgan fingerprint density at radius 2 is 2.19 bits per heavy atom. The van der Waals surface area contributed by atoms with Crippen LogP contribution in [0.25, 0.3) is 10.9 Å². The second kappa shape index (κ2) is 5.63. The van der Waals surface area contributed by atoms with Gasteiger partial charge in [-0.05, 0) is 25.1 Å². The first-order valence-electron chi connectivity index (χ1n) is 6.80. The number of pyridine rings is 1. The molecule has 0 aliphatic carbocycles. The summed E-state index contributed by atoms with van der Waals surface area (Å²) in [4.78, 5) is 4.56. The number of aromatic nitrogens is 3. The van der Waals surface area contributed by atoms with Gasteiger partial charge in [0.1, 0.15) is 5.82 Å². The van der Waals surface area contributed by atoms with E-state index in [0.717, 1.165) is 17.4 Å². The second-order valence-corrected chi connectivity index (χ2v) is 4.96. The first-order valence-corrected chi connectivity index (χ1v) is 6.80. The zero-order valence-electron chi connectivity index (χ0n) is 11.7. The van der Waals surface area contributed by atoms with Crippen LogP contribution in [0.15, 0.2) is 48.8 Å². The molecule has 0 saturated carbocycles. The summed E-state index contributed by atoms with van der Waals surface area (Å²) in [7, 11) is 0. The van der Waals surface area contributed by atoms with E-state index in [1.165, 1.54) is 0 Å². The molecule has 0 amide bonds. The molecule has 1 atom stereocenters. The quantitative estimate of drug-likeness (QED) is 0.796. The lowest BCUT2D eigenvalue weighted by Gasteiger charge is -2.15. The van der Waals surface area contributed by atoms with Crippen LogP contribution in [0.5, 0.6) is 0 Å². The fourth-order valence-corrected chi connectivity index (χ4v) is 2.33. The van der Waals surface area contributed by atoms with Crippen molar-refractivity contribution in [1.82, 2.24) is 14.8 Å². The summed E-state index contributed by atoms with van der Waals surface area (Å²) in [5, 5.41) is 17.7. The lowest BCUT2D eigenvalue weighted by molar-refractivity contribution is 0.560. The molecule has 1 unspecified atom stereocenters. The average Bonchev–Trinajstić information content (AvgIpc) is 2.99. The Bertz CT molecular complexity index is 786. The average molecular weight is 277 g/mol. The summed E-state index contributed by atoms with van der Waals surface area (Å²) >= 11 is 0. The molecule has 1 aromatic carbocycles. The zero-order valence-corrected chi connectivity index (χ0v) is 11.7. The monoisotopic (exact) mass is 277 g/mol. The van der Waals surface area contributed by atoms with Gasteiger partial charge in [-0.1, -0.05) is 18.2 Å². The maximum atomic E-state index is 9.28. The molecule has 2 aromatic heterocycles. The lowest BCUT2D eigenvalue weighted by Crippen LogP contribution is -2.22. The van der Waals surface area contributed by atoms with Crippen molar-refractivity contribution < 1.29 is 0 Å². The van der Waals surface area contributed by atoms with Crippen LogP contribution >= 0.6 is 0 Å². The number of nitrogens with one attached hydrogen (secondary N) is 1. The predicted octanol–water partition coefficient (Wildman–Crippen LogP) is 2.80. The van der Waals surface area contributed by atoms with Gasteiger partial charge >= 0.3 is 0 Å². The SMILES string of the molecule is CC(Cn1cccn1)Nc1cc(C#N)c2ccccc2n1. The molecular formula is C16H15N5. The first kappa shape index (κ1) is 13.1. The highest BCUT2D eigenvalue weighted by Crippen LogP contribution is 2.20. The molecule has 0 fully saturated rings. The van der Waals surface area contributed by atoms with Gasteiger partial charge in [0.25, 0.3) is 0 Å². The molecule has 3 aromatic rings. The van der Waals surface area contributed by atoms with Crippen LogP contribution in [0.1, 0.15) is 12.5 Å². The normalized spacial score (nSPS) is 12.0. The number of nitrogens with zero attached hydrogens (tertiary/aromatic N) is 4. The number of nitriles is 1. The first-order chi connectivity index (χ1) is 10.3. The molecule has 0 saturated heterocycles. The second-order valence-electron chi connectivity index (χ2n) is 4.96. The van der Waals surface area contributed by atoms with Crippen LogP contribution in [0.3, 0.4) is 0 Å². The standard InChI is InChI=1S/C16H15N5/c1-12(11-21-8-4-7-18-21)19-16-9-13(10-17)14-5-2-3-6-15(14)20-16/h2-9,12H,11H2,1H3,(H,19,20). The molecule has 0 spiro atoms. The molecule has 0 bridgehead atoms. The van der Waals surface area contributed by atoms with E-state index >= 15 is 0 Å². The number of fused-ring (bicyclic) bond motifs is 1. The van der Waals surface area contributed by atoms with E-state index in [0.29, 0.717) is 11.4 Å². The van der Waals surface area contributed by atoms with Gasteiger partial charge in [-0.25, -0.2) is 4.98 Å². The van der Waals surface area contributed by atoms with Crippen LogP contribution in [-0.2, 0) is 6.54 Å².